The van der Waals surface area contributed by atoms with Gasteiger partial charge in [0.05, 0.1) is 22.8 Å². The Kier molecular flexibility index (Phi) is 2.70. The summed E-state index contributed by atoms with van der Waals surface area (Å²) in [5.41, 5.74) is 0.858. The zero-order valence-corrected chi connectivity index (χ0v) is 9.23. The molecular weight excluding hydrogens is 232 g/mol. The molecule has 0 aliphatic rings. The minimum Gasteiger partial charge on any atom is -0.478 e. The van der Waals surface area contributed by atoms with E-state index in [2.05, 4.69) is 5.10 Å². The summed E-state index contributed by atoms with van der Waals surface area (Å²) >= 11 is 5.84. The first-order chi connectivity index (χ1) is 7.56. The number of carboxylic acid groups (broad SMARTS) is 1. The topological polar surface area (TPSA) is 68.3 Å². The Morgan fingerprint density at radius 2 is 2.44 bits per heavy atom. The van der Waals surface area contributed by atoms with E-state index in [0.717, 1.165) is 5.69 Å². The fourth-order valence-electron chi connectivity index (χ4n) is 1.31. The van der Waals surface area contributed by atoms with E-state index in [1.807, 2.05) is 0 Å². The normalized spacial score (nSPS) is 10.6. The van der Waals surface area contributed by atoms with Gasteiger partial charge < -0.3 is 9.52 Å². The smallest absolute Gasteiger partial charge is 0.338 e. The largest absolute Gasteiger partial charge is 0.478 e. The molecule has 84 valence electrons. The van der Waals surface area contributed by atoms with Crippen molar-refractivity contribution in [3.8, 4) is 0 Å². The molecule has 1 N–H and O–H groups in total. The standard InChI is InChI=1S/C10H9ClN2O3/c1-6-9(11)4-13(12-6)3-8-2-7(5-16-8)10(14)15/h2,4-5H,3H2,1H3,(H,14,15). The maximum Gasteiger partial charge on any atom is 0.338 e. The van der Waals surface area contributed by atoms with Crippen LogP contribution in [0.3, 0.4) is 0 Å². The van der Waals surface area contributed by atoms with Gasteiger partial charge in [0, 0.05) is 6.20 Å². The summed E-state index contributed by atoms with van der Waals surface area (Å²) in [4.78, 5) is 10.6. The third kappa shape index (κ3) is 2.09. The highest BCUT2D eigenvalue weighted by Crippen LogP contribution is 2.14. The Bertz CT molecular complexity index is 510. The van der Waals surface area contributed by atoms with E-state index in [-0.39, 0.29) is 5.56 Å². The van der Waals surface area contributed by atoms with Gasteiger partial charge in [0.15, 0.2) is 0 Å². The van der Waals surface area contributed by atoms with Crippen LogP contribution in [0.5, 0.6) is 0 Å². The molecular formula is C10H9ClN2O3. The first-order valence-electron chi connectivity index (χ1n) is 4.56. The summed E-state index contributed by atoms with van der Waals surface area (Å²) in [5.74, 6) is -0.485. The second-order valence-corrected chi connectivity index (χ2v) is 3.77. The fraction of sp³-hybridized carbons (Fsp3) is 0.200. The van der Waals surface area contributed by atoms with Crippen LogP contribution >= 0.6 is 11.6 Å². The van der Waals surface area contributed by atoms with Crippen LogP contribution in [0.15, 0.2) is 22.9 Å². The molecule has 0 spiro atoms. The monoisotopic (exact) mass is 240 g/mol. The van der Waals surface area contributed by atoms with Crippen molar-refractivity contribution in [2.75, 3.05) is 0 Å². The molecule has 0 radical (unpaired) electrons. The van der Waals surface area contributed by atoms with Gasteiger partial charge in [0.25, 0.3) is 0 Å². The molecule has 0 aliphatic carbocycles. The molecule has 5 nitrogen and oxygen atoms in total. The molecule has 0 atom stereocenters. The lowest BCUT2D eigenvalue weighted by molar-refractivity contribution is 0.0696. The van der Waals surface area contributed by atoms with Gasteiger partial charge >= 0.3 is 5.97 Å². The molecule has 6 heteroatoms. The lowest BCUT2D eigenvalue weighted by atomic mass is 10.3. The average Bonchev–Trinajstić information content (AvgIpc) is 2.76. The van der Waals surface area contributed by atoms with Crippen LogP contribution in [0.25, 0.3) is 0 Å². The third-order valence-corrected chi connectivity index (χ3v) is 2.48. The van der Waals surface area contributed by atoms with Gasteiger partial charge in [0.2, 0.25) is 0 Å². The van der Waals surface area contributed by atoms with E-state index >= 15 is 0 Å². The van der Waals surface area contributed by atoms with E-state index < -0.39 is 5.97 Å². The van der Waals surface area contributed by atoms with Crippen molar-refractivity contribution in [3.63, 3.8) is 0 Å². The van der Waals surface area contributed by atoms with Crippen molar-refractivity contribution in [3.05, 3.63) is 40.6 Å². The molecule has 16 heavy (non-hydrogen) atoms. The SMILES string of the molecule is Cc1nn(Cc2cc(C(=O)O)co2)cc1Cl. The van der Waals surface area contributed by atoms with Gasteiger partial charge in [0.1, 0.15) is 12.0 Å². The minimum atomic E-state index is -1.01. The van der Waals surface area contributed by atoms with E-state index in [0.29, 0.717) is 17.3 Å². The molecule has 2 heterocycles. The first-order valence-corrected chi connectivity index (χ1v) is 4.94. The maximum absolute atomic E-state index is 10.6. The van der Waals surface area contributed by atoms with Crippen molar-refractivity contribution in [1.29, 1.82) is 0 Å². The molecule has 2 rings (SSSR count). The van der Waals surface area contributed by atoms with Gasteiger partial charge in [-0.1, -0.05) is 11.6 Å². The number of carbonyl (C=O) groups is 1. The highest BCUT2D eigenvalue weighted by Gasteiger charge is 2.09. The zero-order valence-electron chi connectivity index (χ0n) is 8.48. The Hall–Kier alpha value is -1.75. The van der Waals surface area contributed by atoms with Crippen LogP contribution in [0.1, 0.15) is 21.8 Å². The van der Waals surface area contributed by atoms with Gasteiger partial charge in [-0.05, 0) is 13.0 Å². The Labute approximate surface area is 96.2 Å². The predicted molar refractivity (Wildman–Crippen MR) is 56.7 cm³/mol. The number of carboxylic acids is 1. The summed E-state index contributed by atoms with van der Waals surface area (Å²) in [7, 11) is 0. The van der Waals surface area contributed by atoms with E-state index in [9.17, 15) is 4.79 Å². The number of hydrogen-bond donors (Lipinski definition) is 1. The second kappa shape index (κ2) is 4.02. The van der Waals surface area contributed by atoms with Crippen molar-refractivity contribution in [1.82, 2.24) is 9.78 Å². The van der Waals surface area contributed by atoms with Gasteiger partial charge in [-0.3, -0.25) is 4.68 Å². The summed E-state index contributed by atoms with van der Waals surface area (Å²) in [5, 5.41) is 13.4. The molecule has 0 amide bonds. The molecule has 0 fully saturated rings. The molecule has 0 unspecified atom stereocenters. The number of nitrogens with zero attached hydrogens (tertiary/aromatic N) is 2. The van der Waals surface area contributed by atoms with Crippen LogP contribution in [0.4, 0.5) is 0 Å². The van der Waals surface area contributed by atoms with E-state index in [4.69, 9.17) is 21.1 Å². The van der Waals surface area contributed by atoms with E-state index in [1.165, 1.54) is 12.3 Å². The predicted octanol–water partition coefficient (Wildman–Crippen LogP) is 2.18. The maximum atomic E-state index is 10.6. The van der Waals surface area contributed by atoms with Crippen molar-refractivity contribution < 1.29 is 14.3 Å². The molecule has 0 aromatic carbocycles. The zero-order chi connectivity index (χ0) is 11.7. The van der Waals surface area contributed by atoms with Gasteiger partial charge in [-0.25, -0.2) is 4.79 Å². The third-order valence-electron chi connectivity index (χ3n) is 2.10. The van der Waals surface area contributed by atoms with Gasteiger partial charge in [-0.15, -0.1) is 0 Å². The Balaban J connectivity index is 2.17. The van der Waals surface area contributed by atoms with Crippen LogP contribution in [0.2, 0.25) is 5.02 Å². The summed E-state index contributed by atoms with van der Waals surface area (Å²) < 4.78 is 6.69. The van der Waals surface area contributed by atoms with Crippen molar-refractivity contribution in [2.45, 2.75) is 13.5 Å². The molecule has 0 saturated heterocycles. The number of aromatic nitrogens is 2. The Morgan fingerprint density at radius 3 is 2.94 bits per heavy atom. The number of rotatable bonds is 3. The van der Waals surface area contributed by atoms with Crippen LogP contribution in [-0.4, -0.2) is 20.9 Å². The quantitative estimate of drug-likeness (QED) is 0.893. The molecule has 2 aromatic rings. The summed E-state index contributed by atoms with van der Waals surface area (Å²) in [6.07, 6.45) is 2.87. The molecule has 2 aromatic heterocycles. The van der Waals surface area contributed by atoms with Crippen LogP contribution < -0.4 is 0 Å². The average molecular weight is 241 g/mol. The van der Waals surface area contributed by atoms with E-state index in [1.54, 1.807) is 17.8 Å². The number of furan rings is 1. The number of halogens is 1. The lowest BCUT2D eigenvalue weighted by Crippen LogP contribution is -1.99. The molecule has 0 bridgehead atoms. The summed E-state index contributed by atoms with van der Waals surface area (Å²) in [6, 6.07) is 1.47. The van der Waals surface area contributed by atoms with Crippen LogP contribution in [0, 0.1) is 6.92 Å². The highest BCUT2D eigenvalue weighted by atomic mass is 35.5. The lowest BCUT2D eigenvalue weighted by Gasteiger charge is -1.95. The van der Waals surface area contributed by atoms with Crippen molar-refractivity contribution >= 4 is 17.6 Å². The van der Waals surface area contributed by atoms with Crippen molar-refractivity contribution in [2.24, 2.45) is 0 Å². The number of hydrogen-bond acceptors (Lipinski definition) is 3. The second-order valence-electron chi connectivity index (χ2n) is 3.37. The minimum absolute atomic E-state index is 0.130. The highest BCUT2D eigenvalue weighted by molar-refractivity contribution is 6.31. The van der Waals surface area contributed by atoms with Crippen LogP contribution in [-0.2, 0) is 6.54 Å². The number of aromatic carboxylic acids is 1. The first kappa shape index (κ1) is 10.8. The fourth-order valence-corrected chi connectivity index (χ4v) is 1.46. The molecule has 0 aliphatic heterocycles. The van der Waals surface area contributed by atoms with Gasteiger partial charge in [-0.2, -0.15) is 5.10 Å². The molecule has 0 saturated carbocycles. The summed E-state index contributed by atoms with van der Waals surface area (Å²) in [6.45, 7) is 2.16. The number of aryl methyl sites for hydroxylation is 1. The Morgan fingerprint density at radius 1 is 1.69 bits per heavy atom.